The van der Waals surface area contributed by atoms with E-state index in [0.29, 0.717) is 5.69 Å². The number of nitrogens with zero attached hydrogens (tertiary/aromatic N) is 1. The Morgan fingerprint density at radius 1 is 1.00 bits per heavy atom. The minimum atomic E-state index is -0.967. The molecule has 0 atom stereocenters. The first-order valence-corrected chi connectivity index (χ1v) is 5.19. The van der Waals surface area contributed by atoms with E-state index < -0.39 is 5.97 Å². The van der Waals surface area contributed by atoms with Crippen LogP contribution in [0.3, 0.4) is 0 Å². The minimum absolute atomic E-state index is 0.208. The molecule has 0 fully saturated rings. The van der Waals surface area contributed by atoms with Crippen LogP contribution in [0.2, 0.25) is 0 Å². The number of aromatic carboxylic acids is 1. The van der Waals surface area contributed by atoms with E-state index in [2.05, 4.69) is 4.99 Å². The fraction of sp³-hybridized carbons (Fsp3) is 0. The van der Waals surface area contributed by atoms with Crippen molar-refractivity contribution >= 4 is 17.9 Å². The van der Waals surface area contributed by atoms with Crippen LogP contribution in [-0.4, -0.2) is 17.3 Å². The number of para-hydroxylation sites is 1. The van der Waals surface area contributed by atoms with Gasteiger partial charge in [-0.15, -0.1) is 0 Å². The van der Waals surface area contributed by atoms with Gasteiger partial charge >= 0.3 is 5.97 Å². The zero-order valence-corrected chi connectivity index (χ0v) is 9.08. The van der Waals surface area contributed by atoms with Crippen LogP contribution in [0, 0.1) is 0 Å². The monoisotopic (exact) mass is 225 g/mol. The SMILES string of the molecule is O=C(O)c1ccccc1/N=C\c1ccccc1. The predicted octanol–water partition coefficient (Wildman–Crippen LogP) is 3.14. The van der Waals surface area contributed by atoms with Gasteiger partial charge in [-0.05, 0) is 17.7 Å². The Labute approximate surface area is 99.1 Å². The normalized spacial score (nSPS) is 10.6. The highest BCUT2D eigenvalue weighted by molar-refractivity contribution is 5.95. The Kier molecular flexibility index (Phi) is 3.31. The third-order valence-electron chi connectivity index (χ3n) is 2.29. The Hall–Kier alpha value is -2.42. The van der Waals surface area contributed by atoms with Gasteiger partial charge in [0.1, 0.15) is 0 Å². The summed E-state index contributed by atoms with van der Waals surface area (Å²) in [6.45, 7) is 0. The first kappa shape index (κ1) is 11.1. The summed E-state index contributed by atoms with van der Waals surface area (Å²) in [7, 11) is 0. The zero-order valence-electron chi connectivity index (χ0n) is 9.08. The summed E-state index contributed by atoms with van der Waals surface area (Å²) in [4.78, 5) is 15.2. The molecule has 0 amide bonds. The maximum Gasteiger partial charge on any atom is 0.337 e. The summed E-state index contributed by atoms with van der Waals surface area (Å²) >= 11 is 0. The molecule has 0 saturated heterocycles. The standard InChI is InChI=1S/C14H11NO2/c16-14(17)12-8-4-5-9-13(12)15-10-11-6-2-1-3-7-11/h1-10H,(H,16,17)/b15-10-. The molecule has 2 aromatic carbocycles. The molecule has 1 N–H and O–H groups in total. The fourth-order valence-corrected chi connectivity index (χ4v) is 1.45. The Balaban J connectivity index is 2.30. The molecule has 84 valence electrons. The number of carboxylic acid groups (broad SMARTS) is 1. The van der Waals surface area contributed by atoms with Crippen LogP contribution in [0.1, 0.15) is 15.9 Å². The number of hydrogen-bond donors (Lipinski definition) is 1. The smallest absolute Gasteiger partial charge is 0.337 e. The largest absolute Gasteiger partial charge is 0.478 e. The highest BCUT2D eigenvalue weighted by atomic mass is 16.4. The molecule has 0 aromatic heterocycles. The lowest BCUT2D eigenvalue weighted by Crippen LogP contribution is -1.96. The maximum absolute atomic E-state index is 11.0. The van der Waals surface area contributed by atoms with Gasteiger partial charge in [0.05, 0.1) is 11.3 Å². The first-order chi connectivity index (χ1) is 8.27. The van der Waals surface area contributed by atoms with E-state index in [1.165, 1.54) is 0 Å². The molecule has 0 radical (unpaired) electrons. The first-order valence-electron chi connectivity index (χ1n) is 5.19. The number of aliphatic imine (C=N–C) groups is 1. The van der Waals surface area contributed by atoms with E-state index >= 15 is 0 Å². The van der Waals surface area contributed by atoms with Gasteiger partial charge in [0, 0.05) is 6.21 Å². The minimum Gasteiger partial charge on any atom is -0.478 e. The number of benzene rings is 2. The van der Waals surface area contributed by atoms with Crippen molar-refractivity contribution in [3.8, 4) is 0 Å². The van der Waals surface area contributed by atoms with Crippen LogP contribution >= 0.6 is 0 Å². The van der Waals surface area contributed by atoms with Crippen molar-refractivity contribution < 1.29 is 9.90 Å². The summed E-state index contributed by atoms with van der Waals surface area (Å²) in [5.74, 6) is -0.967. The number of rotatable bonds is 3. The van der Waals surface area contributed by atoms with Crippen molar-refractivity contribution in [1.29, 1.82) is 0 Å². The number of carboxylic acids is 1. The van der Waals surface area contributed by atoms with Crippen molar-refractivity contribution in [2.45, 2.75) is 0 Å². The van der Waals surface area contributed by atoms with E-state index in [1.54, 1.807) is 30.5 Å². The van der Waals surface area contributed by atoms with Gasteiger partial charge in [-0.25, -0.2) is 4.79 Å². The van der Waals surface area contributed by atoms with Crippen molar-refractivity contribution in [3.05, 3.63) is 65.7 Å². The molecular weight excluding hydrogens is 214 g/mol. The van der Waals surface area contributed by atoms with Gasteiger partial charge in [-0.3, -0.25) is 4.99 Å². The van der Waals surface area contributed by atoms with Crippen LogP contribution in [0.15, 0.2) is 59.6 Å². The summed E-state index contributed by atoms with van der Waals surface area (Å²) in [6.07, 6.45) is 1.65. The van der Waals surface area contributed by atoms with Crippen LogP contribution in [0.5, 0.6) is 0 Å². The topological polar surface area (TPSA) is 49.7 Å². The summed E-state index contributed by atoms with van der Waals surface area (Å²) < 4.78 is 0. The summed E-state index contributed by atoms with van der Waals surface area (Å²) in [5.41, 5.74) is 1.61. The lowest BCUT2D eigenvalue weighted by atomic mass is 10.2. The summed E-state index contributed by atoms with van der Waals surface area (Å²) in [5, 5.41) is 8.99. The van der Waals surface area contributed by atoms with Gasteiger partial charge in [0.25, 0.3) is 0 Å². The van der Waals surface area contributed by atoms with Gasteiger partial charge < -0.3 is 5.11 Å². The van der Waals surface area contributed by atoms with E-state index in [1.807, 2.05) is 30.3 Å². The van der Waals surface area contributed by atoms with E-state index in [9.17, 15) is 4.79 Å². The molecule has 0 heterocycles. The molecule has 3 nitrogen and oxygen atoms in total. The highest BCUT2D eigenvalue weighted by Gasteiger charge is 2.06. The molecule has 0 bridgehead atoms. The second kappa shape index (κ2) is 5.07. The fourth-order valence-electron chi connectivity index (χ4n) is 1.45. The molecular formula is C14H11NO2. The van der Waals surface area contributed by atoms with Gasteiger partial charge in [-0.1, -0.05) is 42.5 Å². The summed E-state index contributed by atoms with van der Waals surface area (Å²) in [6, 6.07) is 16.2. The lowest BCUT2D eigenvalue weighted by Gasteiger charge is -1.99. The molecule has 2 aromatic rings. The molecule has 17 heavy (non-hydrogen) atoms. The highest BCUT2D eigenvalue weighted by Crippen LogP contribution is 2.18. The molecule has 0 spiro atoms. The molecule has 0 unspecified atom stereocenters. The van der Waals surface area contributed by atoms with E-state index in [-0.39, 0.29) is 5.56 Å². The van der Waals surface area contributed by atoms with Gasteiger partial charge in [0.2, 0.25) is 0 Å². The van der Waals surface area contributed by atoms with Crippen LogP contribution < -0.4 is 0 Å². The second-order valence-corrected chi connectivity index (χ2v) is 3.49. The van der Waals surface area contributed by atoms with Crippen molar-refractivity contribution in [2.24, 2.45) is 4.99 Å². The average molecular weight is 225 g/mol. The average Bonchev–Trinajstić information content (AvgIpc) is 2.38. The third kappa shape index (κ3) is 2.78. The van der Waals surface area contributed by atoms with Crippen LogP contribution in [0.4, 0.5) is 5.69 Å². The van der Waals surface area contributed by atoms with E-state index in [4.69, 9.17) is 5.11 Å². The number of carbonyl (C=O) groups is 1. The lowest BCUT2D eigenvalue weighted by molar-refractivity contribution is 0.0698. The van der Waals surface area contributed by atoms with Crippen molar-refractivity contribution in [3.63, 3.8) is 0 Å². The maximum atomic E-state index is 11.0. The second-order valence-electron chi connectivity index (χ2n) is 3.49. The molecule has 3 heteroatoms. The van der Waals surface area contributed by atoms with Crippen molar-refractivity contribution in [2.75, 3.05) is 0 Å². The third-order valence-corrected chi connectivity index (χ3v) is 2.29. The molecule has 0 aliphatic rings. The van der Waals surface area contributed by atoms with Crippen molar-refractivity contribution in [1.82, 2.24) is 0 Å². The van der Waals surface area contributed by atoms with E-state index in [0.717, 1.165) is 5.56 Å². The van der Waals surface area contributed by atoms with Crippen LogP contribution in [-0.2, 0) is 0 Å². The molecule has 0 saturated carbocycles. The zero-order chi connectivity index (χ0) is 12.1. The predicted molar refractivity (Wildman–Crippen MR) is 67.1 cm³/mol. The molecule has 0 aliphatic heterocycles. The van der Waals surface area contributed by atoms with Gasteiger partial charge in [0.15, 0.2) is 0 Å². The van der Waals surface area contributed by atoms with Crippen LogP contribution in [0.25, 0.3) is 0 Å². The Morgan fingerprint density at radius 2 is 1.65 bits per heavy atom. The number of hydrogen-bond acceptors (Lipinski definition) is 2. The molecule has 2 rings (SSSR count). The Bertz CT molecular complexity index is 547. The van der Waals surface area contributed by atoms with Gasteiger partial charge in [-0.2, -0.15) is 0 Å². The Morgan fingerprint density at radius 3 is 2.35 bits per heavy atom. The quantitative estimate of drug-likeness (QED) is 0.816. The molecule has 0 aliphatic carbocycles.